The van der Waals surface area contributed by atoms with Gasteiger partial charge in [0.2, 0.25) is 0 Å². The Morgan fingerprint density at radius 2 is 2.12 bits per heavy atom. The molecule has 0 unspecified atom stereocenters. The third kappa shape index (κ3) is 4.16. The lowest BCUT2D eigenvalue weighted by Crippen LogP contribution is -2.29. The van der Waals surface area contributed by atoms with Crippen LogP contribution in [0, 0.1) is 0 Å². The Balaban J connectivity index is 1.60. The molecular weight excluding hydrogens is 358 g/mol. The minimum Gasteiger partial charge on any atom is -0.376 e. The summed E-state index contributed by atoms with van der Waals surface area (Å²) in [7, 11) is 0. The highest BCUT2D eigenvalue weighted by molar-refractivity contribution is 7.99. The van der Waals surface area contributed by atoms with Crippen molar-refractivity contribution in [2.24, 2.45) is 0 Å². The van der Waals surface area contributed by atoms with Crippen LogP contribution in [0.25, 0.3) is 0 Å². The van der Waals surface area contributed by atoms with Gasteiger partial charge in [0.15, 0.2) is 5.16 Å². The molecular formula is C17H22ClN5OS. The highest BCUT2D eigenvalue weighted by Gasteiger charge is 2.26. The highest BCUT2D eigenvalue weighted by atomic mass is 35.5. The molecule has 0 radical (unpaired) electrons. The molecule has 2 aliphatic rings. The fourth-order valence-corrected chi connectivity index (χ4v) is 4.34. The molecule has 2 aliphatic heterocycles. The van der Waals surface area contributed by atoms with Gasteiger partial charge in [-0.3, -0.25) is 0 Å². The second kappa shape index (κ2) is 8.03. The van der Waals surface area contributed by atoms with Gasteiger partial charge in [0.1, 0.15) is 10.9 Å². The van der Waals surface area contributed by atoms with Crippen LogP contribution in [0.5, 0.6) is 0 Å². The summed E-state index contributed by atoms with van der Waals surface area (Å²) in [4.78, 5) is 4.38. The minimum absolute atomic E-state index is 0.258. The summed E-state index contributed by atoms with van der Waals surface area (Å²) in [5, 5.41) is 14.9. The molecule has 4 rings (SSSR count). The number of hydrogen-bond donors (Lipinski definition) is 1. The van der Waals surface area contributed by atoms with E-state index in [4.69, 9.17) is 16.3 Å². The first-order valence-electron chi connectivity index (χ1n) is 8.84. The Morgan fingerprint density at radius 1 is 1.24 bits per heavy atom. The van der Waals surface area contributed by atoms with Crippen LogP contribution in [0.3, 0.4) is 0 Å². The van der Waals surface area contributed by atoms with E-state index in [9.17, 15) is 0 Å². The van der Waals surface area contributed by atoms with Crippen molar-refractivity contribution in [1.29, 1.82) is 0 Å². The van der Waals surface area contributed by atoms with Crippen LogP contribution in [0.1, 0.15) is 37.4 Å². The molecule has 4 heterocycles. The van der Waals surface area contributed by atoms with Crippen LogP contribution >= 0.6 is 23.4 Å². The number of pyridine rings is 1. The summed E-state index contributed by atoms with van der Waals surface area (Å²) in [6, 6.07) is 3.77. The van der Waals surface area contributed by atoms with E-state index < -0.39 is 0 Å². The van der Waals surface area contributed by atoms with Crippen molar-refractivity contribution in [3.8, 4) is 0 Å². The van der Waals surface area contributed by atoms with Crippen molar-refractivity contribution in [2.75, 3.05) is 19.7 Å². The zero-order chi connectivity index (χ0) is 17.1. The maximum atomic E-state index is 5.94. The van der Waals surface area contributed by atoms with Gasteiger partial charge in [-0.05, 0) is 62.7 Å². The van der Waals surface area contributed by atoms with Crippen molar-refractivity contribution in [3.63, 3.8) is 0 Å². The molecule has 1 atom stereocenters. The van der Waals surface area contributed by atoms with Gasteiger partial charge in [-0.2, -0.15) is 0 Å². The van der Waals surface area contributed by atoms with E-state index in [2.05, 4.69) is 25.1 Å². The first kappa shape index (κ1) is 17.3. The Labute approximate surface area is 156 Å². The third-order valence-electron chi connectivity index (χ3n) is 4.76. The van der Waals surface area contributed by atoms with Crippen LogP contribution in [0.15, 0.2) is 28.5 Å². The van der Waals surface area contributed by atoms with Crippen molar-refractivity contribution in [3.05, 3.63) is 29.2 Å². The maximum absolute atomic E-state index is 5.94. The predicted molar refractivity (Wildman–Crippen MR) is 97.2 cm³/mol. The summed E-state index contributed by atoms with van der Waals surface area (Å²) in [6.45, 7) is 3.76. The number of nitrogens with zero attached hydrogens (tertiary/aromatic N) is 4. The number of aromatic nitrogens is 4. The van der Waals surface area contributed by atoms with Gasteiger partial charge in [0.25, 0.3) is 0 Å². The molecule has 0 spiro atoms. The average molecular weight is 380 g/mol. The summed E-state index contributed by atoms with van der Waals surface area (Å²) in [6.07, 6.45) is 6.37. The summed E-state index contributed by atoms with van der Waals surface area (Å²) in [5.74, 6) is 1.55. The van der Waals surface area contributed by atoms with E-state index in [1.807, 2.05) is 12.1 Å². The van der Waals surface area contributed by atoms with Gasteiger partial charge in [0, 0.05) is 18.7 Å². The molecule has 2 aromatic heterocycles. The van der Waals surface area contributed by atoms with Gasteiger partial charge in [-0.25, -0.2) is 4.98 Å². The molecule has 6 nitrogen and oxygen atoms in total. The smallest absolute Gasteiger partial charge is 0.197 e. The molecule has 2 fully saturated rings. The standard InChI is InChI=1S/C17H22ClN5OS/c18-13-3-4-15(20-10-13)25-17-22-21-16(12-5-7-19-8-6-12)23(17)11-14-2-1-9-24-14/h3-4,10,12,14,19H,1-2,5-9,11H2/t14-/m0/s1. The topological polar surface area (TPSA) is 64.9 Å². The van der Waals surface area contributed by atoms with Crippen LogP contribution in [0.4, 0.5) is 0 Å². The van der Waals surface area contributed by atoms with Gasteiger partial charge in [0.05, 0.1) is 17.7 Å². The van der Waals surface area contributed by atoms with E-state index in [1.165, 1.54) is 11.8 Å². The fraction of sp³-hybridized carbons (Fsp3) is 0.588. The number of hydrogen-bond acceptors (Lipinski definition) is 6. The maximum Gasteiger partial charge on any atom is 0.197 e. The molecule has 8 heteroatoms. The van der Waals surface area contributed by atoms with Crippen molar-refractivity contribution in [2.45, 2.75) is 54.4 Å². The van der Waals surface area contributed by atoms with Crippen LogP contribution in [-0.2, 0) is 11.3 Å². The molecule has 134 valence electrons. The molecule has 0 bridgehead atoms. The molecule has 0 aromatic carbocycles. The number of halogens is 1. The largest absolute Gasteiger partial charge is 0.376 e. The molecule has 2 aromatic rings. The quantitative estimate of drug-likeness (QED) is 0.861. The summed E-state index contributed by atoms with van der Waals surface area (Å²) in [5.41, 5.74) is 0. The monoisotopic (exact) mass is 379 g/mol. The molecule has 2 saturated heterocycles. The van der Waals surface area contributed by atoms with Gasteiger partial charge < -0.3 is 14.6 Å². The average Bonchev–Trinajstić information content (AvgIpc) is 3.29. The van der Waals surface area contributed by atoms with Gasteiger partial charge in [-0.1, -0.05) is 11.6 Å². The Kier molecular flexibility index (Phi) is 5.55. The lowest BCUT2D eigenvalue weighted by molar-refractivity contribution is 0.0936. The van der Waals surface area contributed by atoms with E-state index in [-0.39, 0.29) is 6.10 Å². The zero-order valence-corrected chi connectivity index (χ0v) is 15.6. The molecule has 25 heavy (non-hydrogen) atoms. The summed E-state index contributed by atoms with van der Waals surface area (Å²) < 4.78 is 8.12. The lowest BCUT2D eigenvalue weighted by Gasteiger charge is -2.23. The SMILES string of the molecule is Clc1ccc(Sc2nnc(C3CCNCC3)n2C[C@@H]2CCCO2)nc1. The zero-order valence-electron chi connectivity index (χ0n) is 14.0. The molecule has 1 N–H and O–H groups in total. The highest BCUT2D eigenvalue weighted by Crippen LogP contribution is 2.31. The van der Waals surface area contributed by atoms with E-state index in [1.54, 1.807) is 6.20 Å². The molecule has 0 saturated carbocycles. The number of rotatable bonds is 5. The Bertz CT molecular complexity index is 696. The second-order valence-electron chi connectivity index (χ2n) is 6.53. The normalized spacial score (nSPS) is 21.7. The lowest BCUT2D eigenvalue weighted by atomic mass is 9.97. The molecule has 0 aliphatic carbocycles. The predicted octanol–water partition coefficient (Wildman–Crippen LogP) is 3.12. The van der Waals surface area contributed by atoms with E-state index in [0.717, 1.165) is 67.9 Å². The molecule has 0 amide bonds. The third-order valence-corrected chi connectivity index (χ3v) is 5.91. The minimum atomic E-state index is 0.258. The van der Waals surface area contributed by atoms with E-state index >= 15 is 0 Å². The number of piperidine rings is 1. The fourth-order valence-electron chi connectivity index (χ4n) is 3.44. The van der Waals surface area contributed by atoms with Crippen molar-refractivity contribution < 1.29 is 4.74 Å². The Morgan fingerprint density at radius 3 is 2.84 bits per heavy atom. The van der Waals surface area contributed by atoms with Crippen molar-refractivity contribution in [1.82, 2.24) is 25.1 Å². The van der Waals surface area contributed by atoms with E-state index in [0.29, 0.717) is 10.9 Å². The number of ether oxygens (including phenoxy) is 1. The van der Waals surface area contributed by atoms with Gasteiger partial charge >= 0.3 is 0 Å². The van der Waals surface area contributed by atoms with Crippen molar-refractivity contribution >= 4 is 23.4 Å². The second-order valence-corrected chi connectivity index (χ2v) is 7.95. The Hall–Kier alpha value is -1.15. The van der Waals surface area contributed by atoms with Crippen LogP contribution in [0.2, 0.25) is 5.02 Å². The van der Waals surface area contributed by atoms with Gasteiger partial charge in [-0.15, -0.1) is 10.2 Å². The first-order valence-corrected chi connectivity index (χ1v) is 10.0. The first-order chi connectivity index (χ1) is 12.3. The van der Waals surface area contributed by atoms with Crippen LogP contribution in [-0.4, -0.2) is 45.5 Å². The van der Waals surface area contributed by atoms with Crippen LogP contribution < -0.4 is 5.32 Å². The summed E-state index contributed by atoms with van der Waals surface area (Å²) >= 11 is 7.48. The number of nitrogens with one attached hydrogen (secondary N) is 1.